The van der Waals surface area contributed by atoms with Gasteiger partial charge in [0.1, 0.15) is 5.82 Å². The highest BCUT2D eigenvalue weighted by molar-refractivity contribution is 9.10. The summed E-state index contributed by atoms with van der Waals surface area (Å²) in [6.45, 7) is 2.58. The maximum absolute atomic E-state index is 14.2. The molecule has 0 saturated carbocycles. The predicted molar refractivity (Wildman–Crippen MR) is 73.3 cm³/mol. The third-order valence-corrected chi connectivity index (χ3v) is 3.82. The molecule has 0 aliphatic carbocycles. The van der Waals surface area contributed by atoms with Crippen molar-refractivity contribution in [3.63, 3.8) is 0 Å². The van der Waals surface area contributed by atoms with E-state index in [9.17, 15) is 4.39 Å². The molecule has 0 saturated heterocycles. The first-order valence-corrected chi connectivity index (χ1v) is 6.66. The lowest BCUT2D eigenvalue weighted by Gasteiger charge is -2.26. The van der Waals surface area contributed by atoms with Gasteiger partial charge in [0.15, 0.2) is 6.29 Å². The first kappa shape index (κ1) is 15.9. The second kappa shape index (κ2) is 7.40. The van der Waals surface area contributed by atoms with Gasteiger partial charge >= 0.3 is 0 Å². The highest BCUT2D eigenvalue weighted by atomic mass is 79.9. The predicted octanol–water partition coefficient (Wildman–Crippen LogP) is 3.51. The van der Waals surface area contributed by atoms with E-state index in [0.717, 1.165) is 0 Å². The van der Waals surface area contributed by atoms with Gasteiger partial charge in [-0.05, 0) is 28.5 Å². The van der Waals surface area contributed by atoms with Gasteiger partial charge in [-0.1, -0.05) is 24.6 Å². The minimum absolute atomic E-state index is 0.0568. The van der Waals surface area contributed by atoms with Gasteiger partial charge in [-0.15, -0.1) is 0 Å². The van der Waals surface area contributed by atoms with E-state index in [-0.39, 0.29) is 5.02 Å². The summed E-state index contributed by atoms with van der Waals surface area (Å²) in [7, 11) is 3.02. The fraction of sp³-hybridized carbons (Fsp3) is 0.500. The molecule has 1 aromatic rings. The fourth-order valence-electron chi connectivity index (χ4n) is 1.72. The molecule has 0 radical (unpaired) electrons. The van der Waals surface area contributed by atoms with Crippen molar-refractivity contribution >= 4 is 27.5 Å². The first-order chi connectivity index (χ1) is 8.56. The smallest absolute Gasteiger partial charge is 0.176 e. The van der Waals surface area contributed by atoms with Crippen molar-refractivity contribution in [1.82, 2.24) is 5.32 Å². The van der Waals surface area contributed by atoms with Crippen molar-refractivity contribution in [2.75, 3.05) is 20.8 Å². The number of benzene rings is 1. The molecule has 0 spiro atoms. The van der Waals surface area contributed by atoms with Crippen molar-refractivity contribution in [3.8, 4) is 0 Å². The zero-order valence-electron chi connectivity index (χ0n) is 10.5. The van der Waals surface area contributed by atoms with Gasteiger partial charge in [0, 0.05) is 24.3 Å². The third kappa shape index (κ3) is 3.42. The Morgan fingerprint density at radius 3 is 2.50 bits per heavy atom. The summed E-state index contributed by atoms with van der Waals surface area (Å²) in [5.74, 6) is -0.476. The van der Waals surface area contributed by atoms with E-state index in [0.29, 0.717) is 16.6 Å². The summed E-state index contributed by atoms with van der Waals surface area (Å²) >= 11 is 9.07. The molecule has 18 heavy (non-hydrogen) atoms. The van der Waals surface area contributed by atoms with Crippen LogP contribution < -0.4 is 5.32 Å². The van der Waals surface area contributed by atoms with Crippen LogP contribution in [0, 0.1) is 5.82 Å². The van der Waals surface area contributed by atoms with Crippen molar-refractivity contribution in [3.05, 3.63) is 33.0 Å². The number of hydrogen-bond donors (Lipinski definition) is 1. The zero-order valence-corrected chi connectivity index (χ0v) is 12.8. The molecule has 6 heteroatoms. The maximum Gasteiger partial charge on any atom is 0.176 e. The van der Waals surface area contributed by atoms with E-state index in [4.69, 9.17) is 21.1 Å². The summed E-state index contributed by atoms with van der Waals surface area (Å²) in [6, 6.07) is 2.94. The molecule has 102 valence electrons. The summed E-state index contributed by atoms with van der Waals surface area (Å²) in [6.07, 6.45) is -0.586. The molecule has 1 unspecified atom stereocenters. The summed E-state index contributed by atoms with van der Waals surface area (Å²) < 4.78 is 25.1. The van der Waals surface area contributed by atoms with E-state index < -0.39 is 18.1 Å². The molecule has 0 aliphatic rings. The number of ether oxygens (including phenoxy) is 2. The van der Waals surface area contributed by atoms with Crippen molar-refractivity contribution in [1.29, 1.82) is 0 Å². The van der Waals surface area contributed by atoms with Crippen LogP contribution in [0.4, 0.5) is 4.39 Å². The maximum atomic E-state index is 14.2. The minimum Gasteiger partial charge on any atom is -0.354 e. The summed E-state index contributed by atoms with van der Waals surface area (Å²) in [5.41, 5.74) is 0.416. The second-order valence-corrected chi connectivity index (χ2v) is 4.87. The molecule has 0 heterocycles. The number of methoxy groups -OCH3 is 2. The standard InChI is InChI=1S/C12H16BrClFNO2/c1-4-16-11(12(17-2)18-3)7-5-6-8(13)9(14)10(7)15/h5-6,11-12,16H,4H2,1-3H3. The number of rotatable bonds is 6. The Hall–Kier alpha value is -0.200. The number of nitrogens with one attached hydrogen (secondary N) is 1. The van der Waals surface area contributed by atoms with Crippen molar-refractivity contribution < 1.29 is 13.9 Å². The summed E-state index contributed by atoms with van der Waals surface area (Å²) in [4.78, 5) is 0. The summed E-state index contributed by atoms with van der Waals surface area (Å²) in [5, 5.41) is 3.18. The normalized spacial score (nSPS) is 13.1. The Kier molecular flexibility index (Phi) is 6.52. The van der Waals surface area contributed by atoms with Gasteiger partial charge in [0.2, 0.25) is 0 Å². The molecule has 1 rings (SSSR count). The van der Waals surface area contributed by atoms with E-state index >= 15 is 0 Å². The van der Waals surface area contributed by atoms with Gasteiger partial charge in [-0.2, -0.15) is 0 Å². The number of likely N-dealkylation sites (N-methyl/N-ethyl adjacent to an activating group) is 1. The van der Waals surface area contributed by atoms with Crippen LogP contribution in [-0.2, 0) is 9.47 Å². The molecule has 0 aliphatic heterocycles. The molecule has 3 nitrogen and oxygen atoms in total. The van der Waals surface area contributed by atoms with Crippen LogP contribution in [0.5, 0.6) is 0 Å². The van der Waals surface area contributed by atoms with E-state index in [1.54, 1.807) is 12.1 Å². The van der Waals surface area contributed by atoms with Crippen LogP contribution in [0.15, 0.2) is 16.6 Å². The molecule has 0 aromatic heterocycles. The zero-order chi connectivity index (χ0) is 13.7. The topological polar surface area (TPSA) is 30.5 Å². The highest BCUT2D eigenvalue weighted by Gasteiger charge is 2.26. The van der Waals surface area contributed by atoms with Gasteiger partial charge in [-0.25, -0.2) is 4.39 Å². The van der Waals surface area contributed by atoms with Gasteiger partial charge < -0.3 is 14.8 Å². The molecular formula is C12H16BrClFNO2. The van der Waals surface area contributed by atoms with Crippen LogP contribution in [0.2, 0.25) is 5.02 Å². The van der Waals surface area contributed by atoms with E-state index in [1.165, 1.54) is 14.2 Å². The Balaban J connectivity index is 3.17. The SMILES string of the molecule is CCNC(c1ccc(Br)c(Cl)c1F)C(OC)OC. The number of halogens is 3. The Labute approximate surface area is 120 Å². The van der Waals surface area contributed by atoms with Crippen LogP contribution in [0.1, 0.15) is 18.5 Å². The Bertz CT molecular complexity index is 402. The average Bonchev–Trinajstić information content (AvgIpc) is 2.37. The third-order valence-electron chi connectivity index (χ3n) is 2.56. The largest absolute Gasteiger partial charge is 0.354 e. The lowest BCUT2D eigenvalue weighted by atomic mass is 10.1. The molecule has 0 bridgehead atoms. The Morgan fingerprint density at radius 2 is 2.00 bits per heavy atom. The van der Waals surface area contributed by atoms with Crippen molar-refractivity contribution in [2.45, 2.75) is 19.3 Å². The van der Waals surface area contributed by atoms with Gasteiger partial charge in [0.25, 0.3) is 0 Å². The molecule has 0 fully saturated rings. The fourth-order valence-corrected chi connectivity index (χ4v) is 2.20. The van der Waals surface area contributed by atoms with Gasteiger partial charge in [-0.3, -0.25) is 0 Å². The second-order valence-electron chi connectivity index (χ2n) is 3.64. The Morgan fingerprint density at radius 1 is 1.39 bits per heavy atom. The molecule has 1 N–H and O–H groups in total. The number of hydrogen-bond acceptors (Lipinski definition) is 3. The van der Waals surface area contributed by atoms with Crippen LogP contribution >= 0.6 is 27.5 Å². The van der Waals surface area contributed by atoms with Crippen LogP contribution in [0.3, 0.4) is 0 Å². The molecule has 1 aromatic carbocycles. The molecule has 0 amide bonds. The van der Waals surface area contributed by atoms with E-state index in [2.05, 4.69) is 21.2 Å². The lowest BCUT2D eigenvalue weighted by molar-refractivity contribution is -0.124. The first-order valence-electron chi connectivity index (χ1n) is 5.49. The van der Waals surface area contributed by atoms with E-state index in [1.807, 2.05) is 6.92 Å². The van der Waals surface area contributed by atoms with Gasteiger partial charge in [0.05, 0.1) is 11.1 Å². The monoisotopic (exact) mass is 339 g/mol. The molecule has 1 atom stereocenters. The highest BCUT2D eigenvalue weighted by Crippen LogP contribution is 2.32. The quantitative estimate of drug-likeness (QED) is 0.635. The lowest BCUT2D eigenvalue weighted by Crippen LogP contribution is -2.35. The van der Waals surface area contributed by atoms with Crippen LogP contribution in [-0.4, -0.2) is 27.1 Å². The van der Waals surface area contributed by atoms with Crippen molar-refractivity contribution in [2.24, 2.45) is 0 Å². The van der Waals surface area contributed by atoms with Crippen LogP contribution in [0.25, 0.3) is 0 Å². The molecular weight excluding hydrogens is 324 g/mol. The average molecular weight is 341 g/mol. The minimum atomic E-state index is -0.586.